The van der Waals surface area contributed by atoms with E-state index in [1.807, 2.05) is 24.3 Å². The van der Waals surface area contributed by atoms with E-state index in [9.17, 15) is 0 Å². The van der Waals surface area contributed by atoms with Crippen molar-refractivity contribution in [2.45, 2.75) is 0 Å². The molecule has 0 saturated carbocycles. The summed E-state index contributed by atoms with van der Waals surface area (Å²) in [4.78, 5) is 20.0. The van der Waals surface area contributed by atoms with Gasteiger partial charge in [0.05, 0.1) is 22.4 Å². The Kier molecular flexibility index (Phi) is 14.7. The van der Waals surface area contributed by atoms with Crippen molar-refractivity contribution in [1.82, 2.24) is 9.97 Å². The van der Waals surface area contributed by atoms with Gasteiger partial charge in [-0.3, -0.25) is 0 Å². The Labute approximate surface area is 502 Å². The summed E-state index contributed by atoms with van der Waals surface area (Å²) in [6.07, 6.45) is 0. The lowest BCUT2D eigenvalue weighted by molar-refractivity contribution is 1.25. The normalized spacial score (nSPS) is 11.0. The Morgan fingerprint density at radius 2 is 0.360 bits per heavy atom. The van der Waals surface area contributed by atoms with Crippen LogP contribution in [0.25, 0.3) is 55.8 Å². The van der Waals surface area contributed by atoms with Crippen LogP contribution in [0.3, 0.4) is 0 Å². The van der Waals surface area contributed by atoms with Gasteiger partial charge in [-0.15, -0.1) is 0 Å². The van der Waals surface area contributed by atoms with Crippen LogP contribution in [0.4, 0.5) is 68.2 Å². The molecule has 0 aliphatic heterocycles. The molecule has 0 amide bonds. The Bertz CT molecular complexity index is 4160. The molecule has 0 unspecified atom stereocenters. The summed E-state index contributed by atoms with van der Waals surface area (Å²) < 4.78 is 0. The van der Waals surface area contributed by atoms with Gasteiger partial charge in [-0.1, -0.05) is 194 Å². The molecule has 0 aliphatic carbocycles. The van der Waals surface area contributed by atoms with E-state index in [0.717, 1.165) is 124 Å². The maximum Gasteiger partial charge on any atom is 0.0973 e. The average molecular weight is 1100 g/mol. The molecule has 0 aliphatic rings. The number of rotatable bonds is 16. The second-order valence-corrected chi connectivity index (χ2v) is 21.1. The van der Waals surface area contributed by atoms with Gasteiger partial charge in [-0.2, -0.15) is 0 Å². The zero-order valence-corrected chi connectivity index (χ0v) is 47.2. The molecule has 13 aromatic carbocycles. The Morgan fingerprint density at radius 3 is 0.651 bits per heavy atom. The predicted octanol–water partition coefficient (Wildman–Crippen LogP) is 22.2. The van der Waals surface area contributed by atoms with Gasteiger partial charge in [0, 0.05) is 79.4 Å². The third-order valence-electron chi connectivity index (χ3n) is 15.6. The fourth-order valence-corrected chi connectivity index (χ4v) is 11.4. The first-order chi connectivity index (χ1) is 42.6. The van der Waals surface area contributed by atoms with E-state index >= 15 is 0 Å². The molecule has 6 nitrogen and oxygen atoms in total. The van der Waals surface area contributed by atoms with Crippen LogP contribution in [0, 0.1) is 0 Å². The highest BCUT2D eigenvalue weighted by Crippen LogP contribution is 2.44. The van der Waals surface area contributed by atoms with Gasteiger partial charge in [-0.25, -0.2) is 9.97 Å². The van der Waals surface area contributed by atoms with Crippen LogP contribution in [0.1, 0.15) is 0 Å². The van der Waals surface area contributed by atoms with E-state index in [0.29, 0.717) is 0 Å². The van der Waals surface area contributed by atoms with Crippen molar-refractivity contribution >= 4 is 79.3 Å². The summed E-state index contributed by atoms with van der Waals surface area (Å²) in [7, 11) is 0. The molecule has 0 spiro atoms. The van der Waals surface area contributed by atoms with Crippen LogP contribution in [0.15, 0.2) is 352 Å². The van der Waals surface area contributed by atoms with E-state index in [1.54, 1.807) is 0 Å². The first-order valence-corrected chi connectivity index (χ1v) is 29.0. The van der Waals surface area contributed by atoms with Crippen molar-refractivity contribution in [2.24, 2.45) is 0 Å². The highest BCUT2D eigenvalue weighted by Gasteiger charge is 2.21. The molecule has 0 N–H and O–H groups in total. The molecule has 0 atom stereocenters. The number of hydrogen-bond donors (Lipinski definition) is 0. The van der Waals surface area contributed by atoms with Crippen LogP contribution in [0.5, 0.6) is 0 Å². The fraction of sp³-hybridized carbons (Fsp3) is 0. The number of nitrogens with zero attached hydrogens (tertiary/aromatic N) is 6. The molecular formula is C80H58N6. The summed E-state index contributed by atoms with van der Waals surface area (Å²) in [6, 6.07) is 124. The Morgan fingerprint density at radius 1 is 0.151 bits per heavy atom. The number of benzene rings is 13. The summed E-state index contributed by atoms with van der Waals surface area (Å²) in [5.41, 5.74) is 22.4. The molecule has 14 aromatic rings. The Balaban J connectivity index is 0.838. The highest BCUT2D eigenvalue weighted by atomic mass is 15.2. The summed E-state index contributed by atoms with van der Waals surface area (Å²) in [5, 5.41) is 0. The third-order valence-corrected chi connectivity index (χ3v) is 15.6. The number of fused-ring (bicyclic) bond motifs is 1. The molecule has 6 heteroatoms. The number of aromatic nitrogens is 2. The number of para-hydroxylation sites is 6. The lowest BCUT2D eigenvalue weighted by Gasteiger charge is -2.29. The van der Waals surface area contributed by atoms with Gasteiger partial charge < -0.3 is 19.6 Å². The summed E-state index contributed by atoms with van der Waals surface area (Å²) in [6.45, 7) is 0. The molecule has 1 heterocycles. The largest absolute Gasteiger partial charge is 0.311 e. The van der Waals surface area contributed by atoms with E-state index in [-0.39, 0.29) is 0 Å². The van der Waals surface area contributed by atoms with Crippen molar-refractivity contribution in [3.8, 4) is 44.8 Å². The molecule has 0 fully saturated rings. The smallest absolute Gasteiger partial charge is 0.0973 e. The van der Waals surface area contributed by atoms with Crippen molar-refractivity contribution in [3.05, 3.63) is 352 Å². The topological polar surface area (TPSA) is 38.7 Å². The summed E-state index contributed by atoms with van der Waals surface area (Å²) in [5.74, 6) is 0. The van der Waals surface area contributed by atoms with Gasteiger partial charge in [0.15, 0.2) is 0 Å². The van der Waals surface area contributed by atoms with E-state index in [2.05, 4.69) is 347 Å². The molecule has 408 valence electrons. The van der Waals surface area contributed by atoms with Gasteiger partial charge in [0.2, 0.25) is 0 Å². The minimum absolute atomic E-state index is 0.802. The van der Waals surface area contributed by atoms with Crippen molar-refractivity contribution in [2.75, 3.05) is 19.6 Å². The average Bonchev–Trinajstić information content (AvgIpc) is 3.39. The maximum absolute atomic E-state index is 5.40. The van der Waals surface area contributed by atoms with Crippen LogP contribution in [0.2, 0.25) is 0 Å². The zero-order chi connectivity index (χ0) is 57.4. The highest BCUT2D eigenvalue weighted by molar-refractivity contribution is 5.90. The monoisotopic (exact) mass is 1100 g/mol. The number of hydrogen-bond acceptors (Lipinski definition) is 6. The van der Waals surface area contributed by atoms with Crippen LogP contribution in [-0.2, 0) is 0 Å². The van der Waals surface area contributed by atoms with E-state index in [1.165, 1.54) is 0 Å². The lowest BCUT2D eigenvalue weighted by Crippen LogP contribution is -2.12. The van der Waals surface area contributed by atoms with Crippen LogP contribution < -0.4 is 19.6 Å². The second kappa shape index (κ2) is 24.1. The molecule has 0 saturated heterocycles. The lowest BCUT2D eigenvalue weighted by atomic mass is 10.0. The molecule has 0 radical (unpaired) electrons. The first kappa shape index (κ1) is 52.5. The molecule has 14 rings (SSSR count). The molecule has 86 heavy (non-hydrogen) atoms. The van der Waals surface area contributed by atoms with Crippen molar-refractivity contribution in [3.63, 3.8) is 0 Å². The SMILES string of the molecule is c1ccc(-c2cccc(N(c3ccc(-c4nc5ccccc5nc4-c4ccc(N(c5ccc(N(c6ccccc6)c6ccccc6)cc5)c5cccc(-c6ccccc6)c5)cc4)cc3)c3ccc(N(c4ccccc4)c4ccccc4)cc3)c2)cc1. The zero-order valence-electron chi connectivity index (χ0n) is 47.2. The van der Waals surface area contributed by atoms with Gasteiger partial charge >= 0.3 is 0 Å². The standard InChI is InChI=1S/C80H58N6/c1-7-23-59(24-8-1)63-27-21-37-75(57-63)85(73-53-49-71(50-54-73)83(65-29-11-3-12-30-65)66-31-13-4-14-32-66)69-45-41-61(42-46-69)79-80(82-78-40-20-19-39-77(78)81-79)62-43-47-70(48-44-62)86(76-38-22-28-64(58-76)60-25-9-2-10-26-60)74-55-51-72(52-56-74)84(67-33-15-5-16-34-67)68-35-17-6-18-36-68/h1-58H. The van der Waals surface area contributed by atoms with Crippen LogP contribution in [-0.4, -0.2) is 9.97 Å². The van der Waals surface area contributed by atoms with Crippen molar-refractivity contribution < 1.29 is 0 Å². The van der Waals surface area contributed by atoms with E-state index in [4.69, 9.17) is 9.97 Å². The van der Waals surface area contributed by atoms with Gasteiger partial charge in [0.25, 0.3) is 0 Å². The summed E-state index contributed by atoms with van der Waals surface area (Å²) >= 11 is 0. The van der Waals surface area contributed by atoms with Crippen molar-refractivity contribution in [1.29, 1.82) is 0 Å². The third kappa shape index (κ3) is 11.0. The van der Waals surface area contributed by atoms with Gasteiger partial charge in [-0.05, 0) is 180 Å². The van der Waals surface area contributed by atoms with Crippen LogP contribution >= 0.6 is 0 Å². The Hall–Kier alpha value is -11.6. The molecular weight excluding hydrogens is 1040 g/mol. The second-order valence-electron chi connectivity index (χ2n) is 21.1. The minimum Gasteiger partial charge on any atom is -0.311 e. The molecule has 1 aromatic heterocycles. The first-order valence-electron chi connectivity index (χ1n) is 29.0. The van der Waals surface area contributed by atoms with E-state index < -0.39 is 0 Å². The number of anilines is 12. The quantitative estimate of drug-likeness (QED) is 0.0960. The maximum atomic E-state index is 5.40. The molecule has 0 bridgehead atoms. The minimum atomic E-state index is 0.802. The predicted molar refractivity (Wildman–Crippen MR) is 360 cm³/mol. The van der Waals surface area contributed by atoms with Gasteiger partial charge in [0.1, 0.15) is 0 Å². The fourth-order valence-electron chi connectivity index (χ4n) is 11.4.